The van der Waals surface area contributed by atoms with Gasteiger partial charge in [-0.15, -0.1) is 0 Å². The molecule has 154 valence electrons. The first-order valence-corrected chi connectivity index (χ1v) is 9.07. The van der Waals surface area contributed by atoms with Gasteiger partial charge >= 0.3 is 12.2 Å². The summed E-state index contributed by atoms with van der Waals surface area (Å²) < 4.78 is 10.8. The zero-order chi connectivity index (χ0) is 21.1. The normalized spacial score (nSPS) is 15.5. The largest absolute Gasteiger partial charge is 0.453 e. The maximum Gasteiger partial charge on any atom is 0.411 e. The van der Waals surface area contributed by atoms with Crippen molar-refractivity contribution in [2.45, 2.75) is 13.0 Å². The third kappa shape index (κ3) is 4.27. The molecule has 0 bridgehead atoms. The molecular formula is C18H20ClN5O5. The third-order valence-electron chi connectivity index (χ3n) is 4.42. The molecule has 2 heterocycles. The Morgan fingerprint density at radius 2 is 1.97 bits per heavy atom. The fraction of sp³-hybridized carbons (Fsp3) is 0.333. The maximum absolute atomic E-state index is 12.8. The van der Waals surface area contributed by atoms with Crippen LogP contribution in [0.1, 0.15) is 23.5 Å². The molecular weight excluding hydrogens is 402 g/mol. The number of methoxy groups -OCH3 is 2. The summed E-state index contributed by atoms with van der Waals surface area (Å²) in [7, 11) is 2.51. The number of benzene rings is 1. The lowest BCUT2D eigenvalue weighted by Gasteiger charge is -2.31. The standard InChI is InChI=1S/C18H20ClN5O5/c1-10-8-23(9-20-17(26)28-2)16(25)15-7-14(22-24(10)15)12-5-4-11(19)6-13(12)21-18(27)29-3/h4-7,10H,8-9H2,1-3H3,(H,20,26)(H,21,27)/t10-/m0/s1. The Labute approximate surface area is 171 Å². The number of anilines is 1. The van der Waals surface area contributed by atoms with Crippen LogP contribution < -0.4 is 10.6 Å². The second-order valence-electron chi connectivity index (χ2n) is 6.37. The molecule has 11 heteroatoms. The molecule has 0 aliphatic carbocycles. The van der Waals surface area contributed by atoms with Gasteiger partial charge in [-0.3, -0.25) is 14.8 Å². The fourth-order valence-electron chi connectivity index (χ4n) is 3.04. The zero-order valence-electron chi connectivity index (χ0n) is 16.1. The van der Waals surface area contributed by atoms with E-state index in [0.717, 1.165) is 0 Å². The van der Waals surface area contributed by atoms with Crippen molar-refractivity contribution in [1.82, 2.24) is 20.0 Å². The molecule has 10 nitrogen and oxygen atoms in total. The minimum atomic E-state index is -0.651. The topological polar surface area (TPSA) is 115 Å². The number of halogens is 1. The van der Waals surface area contributed by atoms with E-state index in [4.69, 9.17) is 11.6 Å². The van der Waals surface area contributed by atoms with Crippen LogP contribution in [0, 0.1) is 0 Å². The van der Waals surface area contributed by atoms with Gasteiger partial charge in [0.05, 0.1) is 38.3 Å². The monoisotopic (exact) mass is 421 g/mol. The Hall–Kier alpha value is -3.27. The lowest BCUT2D eigenvalue weighted by atomic mass is 10.1. The first-order valence-electron chi connectivity index (χ1n) is 8.69. The minimum absolute atomic E-state index is 0.0203. The van der Waals surface area contributed by atoms with Crippen molar-refractivity contribution in [3.63, 3.8) is 0 Å². The number of carbonyl (C=O) groups is 3. The van der Waals surface area contributed by atoms with Crippen molar-refractivity contribution in [3.05, 3.63) is 35.0 Å². The summed E-state index contributed by atoms with van der Waals surface area (Å²) in [5.41, 5.74) is 1.85. The first-order chi connectivity index (χ1) is 13.8. The van der Waals surface area contributed by atoms with E-state index in [2.05, 4.69) is 25.2 Å². The Morgan fingerprint density at radius 1 is 1.24 bits per heavy atom. The molecule has 2 N–H and O–H groups in total. The lowest BCUT2D eigenvalue weighted by Crippen LogP contribution is -2.47. The van der Waals surface area contributed by atoms with Crippen molar-refractivity contribution < 1.29 is 23.9 Å². The highest BCUT2D eigenvalue weighted by molar-refractivity contribution is 6.31. The van der Waals surface area contributed by atoms with E-state index in [1.807, 2.05) is 6.92 Å². The van der Waals surface area contributed by atoms with Gasteiger partial charge in [0.2, 0.25) is 0 Å². The Kier molecular flexibility index (Phi) is 5.92. The highest BCUT2D eigenvalue weighted by Gasteiger charge is 2.31. The number of amides is 3. The van der Waals surface area contributed by atoms with E-state index < -0.39 is 12.2 Å². The van der Waals surface area contributed by atoms with Gasteiger partial charge in [-0.1, -0.05) is 11.6 Å². The van der Waals surface area contributed by atoms with Crippen molar-refractivity contribution in [3.8, 4) is 11.3 Å². The van der Waals surface area contributed by atoms with Crippen molar-refractivity contribution >= 4 is 35.4 Å². The first kappa shape index (κ1) is 20.5. The summed E-state index contributed by atoms with van der Waals surface area (Å²) in [5.74, 6) is -0.283. The van der Waals surface area contributed by atoms with E-state index in [1.54, 1.807) is 28.9 Å². The summed E-state index contributed by atoms with van der Waals surface area (Å²) >= 11 is 6.05. The Morgan fingerprint density at radius 3 is 2.66 bits per heavy atom. The number of fused-ring (bicyclic) bond motifs is 1. The summed E-state index contributed by atoms with van der Waals surface area (Å²) in [6, 6.07) is 6.45. The van der Waals surface area contributed by atoms with Crippen LogP contribution in [0.5, 0.6) is 0 Å². The van der Waals surface area contributed by atoms with Crippen LogP contribution in [0.25, 0.3) is 11.3 Å². The molecule has 0 spiro atoms. The lowest BCUT2D eigenvalue weighted by molar-refractivity contribution is 0.0647. The second kappa shape index (κ2) is 8.39. The van der Waals surface area contributed by atoms with Gasteiger partial charge in [-0.05, 0) is 31.2 Å². The van der Waals surface area contributed by atoms with Gasteiger partial charge < -0.3 is 19.7 Å². The minimum Gasteiger partial charge on any atom is -0.453 e. The van der Waals surface area contributed by atoms with E-state index >= 15 is 0 Å². The summed E-state index contributed by atoms with van der Waals surface area (Å²) in [5, 5.41) is 10.1. The average molecular weight is 422 g/mol. The molecule has 3 amide bonds. The number of hydrogen-bond donors (Lipinski definition) is 2. The van der Waals surface area contributed by atoms with Gasteiger partial charge in [0.15, 0.2) is 0 Å². The summed E-state index contributed by atoms with van der Waals surface area (Å²) in [6.45, 7) is 2.30. The average Bonchev–Trinajstić information content (AvgIpc) is 3.15. The van der Waals surface area contributed by atoms with Crippen molar-refractivity contribution in [1.29, 1.82) is 0 Å². The molecule has 0 unspecified atom stereocenters. The van der Waals surface area contributed by atoms with Gasteiger partial charge in [0.1, 0.15) is 5.69 Å². The number of alkyl carbamates (subject to hydrolysis) is 1. The number of hydrogen-bond acceptors (Lipinski definition) is 6. The molecule has 1 aromatic heterocycles. The fourth-order valence-corrected chi connectivity index (χ4v) is 3.21. The van der Waals surface area contributed by atoms with Gasteiger partial charge in [-0.2, -0.15) is 5.10 Å². The van der Waals surface area contributed by atoms with Crippen LogP contribution in [0.4, 0.5) is 15.3 Å². The second-order valence-corrected chi connectivity index (χ2v) is 6.81. The van der Waals surface area contributed by atoms with E-state index in [-0.39, 0.29) is 18.6 Å². The van der Waals surface area contributed by atoms with Crippen LogP contribution in [-0.2, 0) is 9.47 Å². The molecule has 1 atom stereocenters. The predicted octanol–water partition coefficient (Wildman–Crippen LogP) is 2.71. The molecule has 0 saturated heterocycles. The molecule has 1 aliphatic rings. The number of aromatic nitrogens is 2. The molecule has 0 fully saturated rings. The molecule has 29 heavy (non-hydrogen) atoms. The summed E-state index contributed by atoms with van der Waals surface area (Å²) in [4.78, 5) is 37.3. The van der Waals surface area contributed by atoms with Crippen LogP contribution in [0.2, 0.25) is 5.02 Å². The SMILES string of the molecule is COC(=O)NCN1C[C@H](C)n2nc(-c3ccc(Cl)cc3NC(=O)OC)cc2C1=O. The van der Waals surface area contributed by atoms with Gasteiger partial charge in [0.25, 0.3) is 5.91 Å². The molecule has 3 rings (SSSR count). The molecule has 0 saturated carbocycles. The maximum atomic E-state index is 12.8. The number of carbonyl (C=O) groups excluding carboxylic acids is 3. The van der Waals surface area contributed by atoms with E-state index in [9.17, 15) is 14.4 Å². The number of nitrogens with one attached hydrogen (secondary N) is 2. The zero-order valence-corrected chi connectivity index (χ0v) is 16.8. The number of ether oxygens (including phenoxy) is 2. The van der Waals surface area contributed by atoms with Crippen molar-refractivity contribution in [2.75, 3.05) is 32.7 Å². The van der Waals surface area contributed by atoms with Crippen LogP contribution in [-0.4, -0.2) is 60.2 Å². The smallest absolute Gasteiger partial charge is 0.411 e. The third-order valence-corrected chi connectivity index (χ3v) is 4.66. The van der Waals surface area contributed by atoms with E-state index in [1.165, 1.54) is 19.1 Å². The van der Waals surface area contributed by atoms with Crippen molar-refractivity contribution in [2.24, 2.45) is 0 Å². The molecule has 1 aliphatic heterocycles. The molecule has 2 aromatic rings. The Bertz CT molecular complexity index is 960. The Balaban J connectivity index is 1.93. The van der Waals surface area contributed by atoms with Crippen LogP contribution >= 0.6 is 11.6 Å². The van der Waals surface area contributed by atoms with Gasteiger partial charge in [0, 0.05) is 17.1 Å². The highest BCUT2D eigenvalue weighted by Crippen LogP contribution is 2.32. The van der Waals surface area contributed by atoms with Crippen LogP contribution in [0.3, 0.4) is 0 Å². The highest BCUT2D eigenvalue weighted by atomic mass is 35.5. The predicted molar refractivity (Wildman–Crippen MR) is 105 cm³/mol. The van der Waals surface area contributed by atoms with Crippen LogP contribution in [0.15, 0.2) is 24.3 Å². The number of nitrogens with zero attached hydrogens (tertiary/aromatic N) is 3. The quantitative estimate of drug-likeness (QED) is 0.784. The van der Waals surface area contributed by atoms with E-state index in [0.29, 0.717) is 34.2 Å². The summed E-state index contributed by atoms with van der Waals surface area (Å²) in [6.07, 6.45) is -1.27. The molecule has 1 aromatic carbocycles. The number of rotatable bonds is 4. The molecule has 0 radical (unpaired) electrons. The van der Waals surface area contributed by atoms with Gasteiger partial charge in [-0.25, -0.2) is 9.59 Å².